The van der Waals surface area contributed by atoms with Crippen molar-refractivity contribution >= 4 is 16.6 Å². The number of hydrogen-bond donors (Lipinski definition) is 2. The van der Waals surface area contributed by atoms with Crippen LogP contribution in [0.4, 0.5) is 5.69 Å². The maximum Gasteiger partial charge on any atom is 0.0755 e. The van der Waals surface area contributed by atoms with Crippen molar-refractivity contribution in [3.05, 3.63) is 35.0 Å². The second-order valence-electron chi connectivity index (χ2n) is 6.34. The lowest BCUT2D eigenvalue weighted by Gasteiger charge is -2.23. The first kappa shape index (κ1) is 13.3. The molecule has 0 spiro atoms. The average Bonchev–Trinajstić information content (AvgIpc) is 2.43. The van der Waals surface area contributed by atoms with Gasteiger partial charge < -0.3 is 10.2 Å². The van der Waals surface area contributed by atoms with Gasteiger partial charge in [0.15, 0.2) is 0 Å². The summed E-state index contributed by atoms with van der Waals surface area (Å²) in [5.74, 6) is 5.77. The molecule has 3 N–H and O–H groups in total. The molecule has 0 amide bonds. The molecule has 2 heterocycles. The molecule has 0 unspecified atom stereocenters. The lowest BCUT2D eigenvalue weighted by atomic mass is 9.86. The highest BCUT2D eigenvalue weighted by Gasteiger charge is 2.20. The summed E-state index contributed by atoms with van der Waals surface area (Å²) in [6.45, 7) is 7.93. The maximum atomic E-state index is 5.77. The molecule has 2 aromatic rings. The van der Waals surface area contributed by atoms with Crippen LogP contribution in [0.15, 0.2) is 18.2 Å². The monoisotopic (exact) mass is 271 g/mol. The predicted octanol–water partition coefficient (Wildman–Crippen LogP) is 2.89. The number of anilines is 1. The number of fused-ring (bicyclic) bond motifs is 2. The van der Waals surface area contributed by atoms with Crippen molar-refractivity contribution in [1.82, 2.24) is 4.98 Å². The van der Waals surface area contributed by atoms with Gasteiger partial charge in [-0.05, 0) is 23.1 Å². The Labute approximate surface area is 119 Å². The number of rotatable bonds is 1. The van der Waals surface area contributed by atoms with Crippen LogP contribution in [0.2, 0.25) is 0 Å². The van der Waals surface area contributed by atoms with Gasteiger partial charge in [0.2, 0.25) is 0 Å². The second-order valence-corrected chi connectivity index (χ2v) is 6.34. The van der Waals surface area contributed by atoms with Crippen molar-refractivity contribution in [3.63, 3.8) is 0 Å². The predicted molar refractivity (Wildman–Crippen MR) is 81.6 cm³/mol. The van der Waals surface area contributed by atoms with Crippen LogP contribution >= 0.6 is 0 Å². The van der Waals surface area contributed by atoms with Gasteiger partial charge in [0.1, 0.15) is 0 Å². The van der Waals surface area contributed by atoms with Crippen molar-refractivity contribution in [2.75, 3.05) is 12.0 Å². The molecule has 4 nitrogen and oxygen atoms in total. The molecule has 0 bridgehead atoms. The zero-order chi connectivity index (χ0) is 14.3. The average molecular weight is 271 g/mol. The Morgan fingerprint density at radius 3 is 2.80 bits per heavy atom. The summed E-state index contributed by atoms with van der Waals surface area (Å²) < 4.78 is 5.55. The van der Waals surface area contributed by atoms with Crippen molar-refractivity contribution in [3.8, 4) is 0 Å². The summed E-state index contributed by atoms with van der Waals surface area (Å²) >= 11 is 0. The van der Waals surface area contributed by atoms with Gasteiger partial charge in [0.25, 0.3) is 0 Å². The zero-order valence-corrected chi connectivity index (χ0v) is 12.3. The van der Waals surface area contributed by atoms with Gasteiger partial charge in [-0.1, -0.05) is 26.8 Å². The molecule has 0 fully saturated rings. The lowest BCUT2D eigenvalue weighted by molar-refractivity contribution is 0.110. The smallest absolute Gasteiger partial charge is 0.0755 e. The Hall–Kier alpha value is -1.65. The molecule has 106 valence electrons. The van der Waals surface area contributed by atoms with E-state index in [0.29, 0.717) is 6.61 Å². The third-order valence-electron chi connectivity index (χ3n) is 3.91. The molecule has 0 saturated carbocycles. The van der Waals surface area contributed by atoms with Gasteiger partial charge in [-0.3, -0.25) is 10.8 Å². The van der Waals surface area contributed by atoms with E-state index in [2.05, 4.69) is 44.4 Å². The number of benzene rings is 1. The summed E-state index contributed by atoms with van der Waals surface area (Å²) in [6, 6.07) is 6.43. The van der Waals surface area contributed by atoms with Gasteiger partial charge in [-0.15, -0.1) is 0 Å². The summed E-state index contributed by atoms with van der Waals surface area (Å²) in [5.41, 5.74) is 8.38. The van der Waals surface area contributed by atoms with Gasteiger partial charge in [-0.2, -0.15) is 0 Å². The van der Waals surface area contributed by atoms with Gasteiger partial charge in [-0.25, -0.2) is 0 Å². The Bertz CT molecular complexity index is 659. The lowest BCUT2D eigenvalue weighted by Crippen LogP contribution is -2.18. The first-order valence-electron chi connectivity index (χ1n) is 7.01. The van der Waals surface area contributed by atoms with E-state index in [4.69, 9.17) is 15.6 Å². The molecule has 0 atom stereocenters. The second kappa shape index (κ2) is 4.72. The fourth-order valence-corrected chi connectivity index (χ4v) is 2.69. The quantitative estimate of drug-likeness (QED) is 0.618. The minimum Gasteiger partial charge on any atom is -0.376 e. The van der Waals surface area contributed by atoms with Crippen LogP contribution < -0.4 is 11.3 Å². The van der Waals surface area contributed by atoms with E-state index in [1.807, 2.05) is 0 Å². The molecule has 1 aliphatic rings. The number of nitrogen functional groups attached to an aromatic ring is 1. The molecular weight excluding hydrogens is 250 g/mol. The van der Waals surface area contributed by atoms with E-state index in [-0.39, 0.29) is 5.41 Å². The van der Waals surface area contributed by atoms with E-state index in [9.17, 15) is 0 Å². The molecule has 0 aliphatic carbocycles. The van der Waals surface area contributed by atoms with Crippen molar-refractivity contribution in [1.29, 1.82) is 0 Å². The SMILES string of the molecule is CC(C)(C)c1ccc2nc3c(c(NN)c2c1)COCC3. The van der Waals surface area contributed by atoms with Crippen LogP contribution in [0, 0.1) is 0 Å². The standard InChI is InChI=1S/C16H21N3O/c1-16(2,3)10-4-5-13-11(8-10)15(19-17)12-9-20-7-6-14(12)18-13/h4-5,8H,6-7,9,17H2,1-3H3,(H,18,19). The number of nitrogens with two attached hydrogens (primary N) is 1. The van der Waals surface area contributed by atoms with E-state index in [1.54, 1.807) is 0 Å². The minimum absolute atomic E-state index is 0.104. The van der Waals surface area contributed by atoms with Crippen LogP contribution in [0.3, 0.4) is 0 Å². The van der Waals surface area contributed by atoms with Gasteiger partial charge >= 0.3 is 0 Å². The normalized spacial score (nSPS) is 15.2. The number of nitrogens with zero attached hydrogens (tertiary/aromatic N) is 1. The molecule has 3 rings (SSSR count). The molecular formula is C16H21N3O. The summed E-state index contributed by atoms with van der Waals surface area (Å²) in [5, 5.41) is 1.07. The number of hydrazine groups is 1. The van der Waals surface area contributed by atoms with Crippen molar-refractivity contribution in [2.45, 2.75) is 39.2 Å². The van der Waals surface area contributed by atoms with Crippen LogP contribution in [-0.2, 0) is 23.2 Å². The molecule has 0 saturated heterocycles. The first-order chi connectivity index (χ1) is 9.50. The van der Waals surface area contributed by atoms with E-state index in [0.717, 1.165) is 40.9 Å². The number of pyridine rings is 1. The number of hydrogen-bond acceptors (Lipinski definition) is 4. The number of ether oxygens (including phenoxy) is 1. The van der Waals surface area contributed by atoms with Gasteiger partial charge in [0.05, 0.1) is 30.1 Å². The third-order valence-corrected chi connectivity index (χ3v) is 3.91. The molecule has 1 aliphatic heterocycles. The molecule has 4 heteroatoms. The Kier molecular flexibility index (Phi) is 3.15. The number of aromatic nitrogens is 1. The van der Waals surface area contributed by atoms with Crippen LogP contribution in [0.5, 0.6) is 0 Å². The topological polar surface area (TPSA) is 60.2 Å². The molecule has 20 heavy (non-hydrogen) atoms. The first-order valence-corrected chi connectivity index (χ1v) is 7.01. The van der Waals surface area contributed by atoms with Crippen LogP contribution in [0.1, 0.15) is 37.6 Å². The van der Waals surface area contributed by atoms with Crippen molar-refractivity contribution < 1.29 is 4.74 Å². The molecule has 1 aromatic carbocycles. The Balaban J connectivity index is 2.28. The Morgan fingerprint density at radius 1 is 1.30 bits per heavy atom. The zero-order valence-electron chi connectivity index (χ0n) is 12.3. The van der Waals surface area contributed by atoms with Crippen molar-refractivity contribution in [2.24, 2.45) is 5.84 Å². The Morgan fingerprint density at radius 2 is 2.10 bits per heavy atom. The van der Waals surface area contributed by atoms with Crippen LogP contribution in [0.25, 0.3) is 10.9 Å². The highest BCUT2D eigenvalue weighted by Crippen LogP contribution is 2.33. The summed E-state index contributed by atoms with van der Waals surface area (Å²) in [4.78, 5) is 4.77. The fraction of sp³-hybridized carbons (Fsp3) is 0.438. The minimum atomic E-state index is 0.104. The summed E-state index contributed by atoms with van der Waals surface area (Å²) in [6.07, 6.45) is 0.848. The van der Waals surface area contributed by atoms with E-state index >= 15 is 0 Å². The largest absolute Gasteiger partial charge is 0.376 e. The van der Waals surface area contributed by atoms with E-state index < -0.39 is 0 Å². The highest BCUT2D eigenvalue weighted by molar-refractivity contribution is 5.94. The van der Waals surface area contributed by atoms with Crippen LogP contribution in [-0.4, -0.2) is 11.6 Å². The maximum absolute atomic E-state index is 5.77. The van der Waals surface area contributed by atoms with E-state index in [1.165, 1.54) is 5.56 Å². The summed E-state index contributed by atoms with van der Waals surface area (Å²) in [7, 11) is 0. The number of nitrogens with one attached hydrogen (secondary N) is 1. The van der Waals surface area contributed by atoms with Gasteiger partial charge in [0, 0.05) is 17.4 Å². The molecule has 0 radical (unpaired) electrons. The third kappa shape index (κ3) is 2.15. The highest BCUT2D eigenvalue weighted by atomic mass is 16.5. The fourth-order valence-electron chi connectivity index (χ4n) is 2.69. The molecule has 1 aromatic heterocycles.